The van der Waals surface area contributed by atoms with Crippen molar-refractivity contribution in [1.82, 2.24) is 0 Å². The van der Waals surface area contributed by atoms with Crippen LogP contribution >= 0.6 is 12.4 Å². The third kappa shape index (κ3) is 444. The van der Waals surface area contributed by atoms with Crippen LogP contribution in [0.25, 0.3) is 0 Å². The monoisotopic (exact) mass is 93.0 g/mol. The molecule has 0 aromatic rings. The average molecular weight is 93.6 g/mol. The van der Waals surface area contributed by atoms with E-state index in [1.165, 1.54) is 0 Å². The molecule has 0 rings (SSSR count). The fraction of sp³-hybridized carbons (Fsp3) is 0.333. The standard InChI is InChI=1S/C3H7N.ClH/c1-3(2)4;/h1,4H2,2H3;1H. The van der Waals surface area contributed by atoms with Gasteiger partial charge in [0.05, 0.1) is 0 Å². The molecule has 0 aromatic heterocycles. The summed E-state index contributed by atoms with van der Waals surface area (Å²) in [5, 5.41) is 0. The van der Waals surface area contributed by atoms with Gasteiger partial charge in [0.15, 0.2) is 0 Å². The Bertz CT molecular complexity index is 29.9. The van der Waals surface area contributed by atoms with Crippen molar-refractivity contribution in [1.29, 1.82) is 0 Å². The van der Waals surface area contributed by atoms with E-state index in [-0.39, 0.29) is 12.4 Å². The van der Waals surface area contributed by atoms with Crippen LogP contribution < -0.4 is 5.73 Å². The Labute approximate surface area is 38.3 Å². The first-order valence-corrected chi connectivity index (χ1v) is 1.14. The van der Waals surface area contributed by atoms with Crippen molar-refractivity contribution in [2.75, 3.05) is 0 Å². The van der Waals surface area contributed by atoms with E-state index in [4.69, 9.17) is 5.73 Å². The Balaban J connectivity index is 0. The first kappa shape index (κ1) is 8.85. The molecule has 0 aliphatic rings. The van der Waals surface area contributed by atoms with E-state index in [9.17, 15) is 0 Å². The minimum absolute atomic E-state index is 0. The number of rotatable bonds is 0. The van der Waals surface area contributed by atoms with E-state index < -0.39 is 0 Å². The summed E-state index contributed by atoms with van der Waals surface area (Å²) in [5.41, 5.74) is 5.58. The summed E-state index contributed by atoms with van der Waals surface area (Å²) in [6.07, 6.45) is 0. The van der Waals surface area contributed by atoms with Gasteiger partial charge in [-0.15, -0.1) is 12.4 Å². The molecule has 0 unspecified atom stereocenters. The molecule has 0 bridgehead atoms. The molecule has 0 fully saturated rings. The molecule has 0 aliphatic carbocycles. The highest BCUT2D eigenvalue weighted by atomic mass is 35.5. The number of halogens is 1. The third-order valence-electron chi connectivity index (χ3n) is 0. The summed E-state index contributed by atoms with van der Waals surface area (Å²) in [5.74, 6) is 0. The lowest BCUT2D eigenvalue weighted by atomic mass is 10.6. The lowest BCUT2D eigenvalue weighted by Crippen LogP contribution is -1.83. The third-order valence-corrected chi connectivity index (χ3v) is 0. The fourth-order valence-corrected chi connectivity index (χ4v) is 0. The van der Waals surface area contributed by atoms with Gasteiger partial charge in [0.1, 0.15) is 0 Å². The Kier molecular flexibility index (Phi) is 6.78. The second-order valence-electron chi connectivity index (χ2n) is 0.846. The van der Waals surface area contributed by atoms with Crippen LogP contribution in [-0.4, -0.2) is 0 Å². The molecular weight excluding hydrogens is 85.5 g/mol. The van der Waals surface area contributed by atoms with Gasteiger partial charge in [0, 0.05) is 0 Å². The summed E-state index contributed by atoms with van der Waals surface area (Å²) in [4.78, 5) is 0. The zero-order valence-electron chi connectivity index (χ0n) is 3.19. The van der Waals surface area contributed by atoms with E-state index in [0.29, 0.717) is 5.70 Å². The molecule has 0 saturated carbocycles. The lowest BCUT2D eigenvalue weighted by molar-refractivity contribution is 1.34. The quantitative estimate of drug-likeness (QED) is 0.473. The van der Waals surface area contributed by atoms with Gasteiger partial charge in [-0.3, -0.25) is 0 Å². The predicted molar refractivity (Wildman–Crippen MR) is 26.2 cm³/mol. The molecule has 0 atom stereocenters. The Hall–Kier alpha value is -0.170. The highest BCUT2D eigenvalue weighted by Crippen LogP contribution is 1.58. The van der Waals surface area contributed by atoms with Crippen molar-refractivity contribution in [2.24, 2.45) is 5.73 Å². The number of hydrogen-bond donors (Lipinski definition) is 1. The van der Waals surface area contributed by atoms with Crippen LogP contribution in [0.5, 0.6) is 0 Å². The average Bonchev–Trinajstić information content (AvgIpc) is 0.811. The van der Waals surface area contributed by atoms with Crippen LogP contribution in [0.2, 0.25) is 0 Å². The van der Waals surface area contributed by atoms with Gasteiger partial charge in [-0.05, 0) is 12.6 Å². The molecule has 0 amide bonds. The minimum atomic E-state index is 0. The second kappa shape index (κ2) is 3.83. The molecule has 0 aromatic carbocycles. The molecule has 0 aliphatic heterocycles. The van der Waals surface area contributed by atoms with Gasteiger partial charge in [0.25, 0.3) is 0 Å². The molecule has 0 spiro atoms. The lowest BCUT2D eigenvalue weighted by Gasteiger charge is -1.69. The molecule has 1 nitrogen and oxygen atoms in total. The van der Waals surface area contributed by atoms with Crippen LogP contribution in [-0.2, 0) is 0 Å². The van der Waals surface area contributed by atoms with Gasteiger partial charge >= 0.3 is 0 Å². The Morgan fingerprint density at radius 3 is 1.80 bits per heavy atom. The SMILES string of the molecule is C=C(C)N.Cl. The van der Waals surface area contributed by atoms with Gasteiger partial charge in [0.2, 0.25) is 0 Å². The second-order valence-corrected chi connectivity index (χ2v) is 0.846. The van der Waals surface area contributed by atoms with Crippen LogP contribution in [0, 0.1) is 0 Å². The van der Waals surface area contributed by atoms with Crippen molar-refractivity contribution in [3.63, 3.8) is 0 Å². The number of hydrogen-bond acceptors (Lipinski definition) is 1. The van der Waals surface area contributed by atoms with E-state index >= 15 is 0 Å². The molecule has 5 heavy (non-hydrogen) atoms. The van der Waals surface area contributed by atoms with E-state index in [1.54, 1.807) is 6.92 Å². The van der Waals surface area contributed by atoms with Crippen molar-refractivity contribution in [2.45, 2.75) is 6.92 Å². The molecule has 2 N–H and O–H groups in total. The maximum absolute atomic E-state index is 4.92. The van der Waals surface area contributed by atoms with E-state index in [1.807, 2.05) is 0 Å². The maximum atomic E-state index is 4.92. The van der Waals surface area contributed by atoms with Crippen LogP contribution in [0.15, 0.2) is 12.3 Å². The molecule has 0 saturated heterocycles. The predicted octanol–water partition coefficient (Wildman–Crippen LogP) is 0.900. The maximum Gasteiger partial charge on any atom is -0.00242 e. The Morgan fingerprint density at radius 2 is 1.80 bits per heavy atom. The van der Waals surface area contributed by atoms with Gasteiger partial charge in [-0.25, -0.2) is 0 Å². The minimum Gasteiger partial charge on any atom is -0.403 e. The number of allylic oxidation sites excluding steroid dienone is 1. The first-order chi connectivity index (χ1) is 1.73. The van der Waals surface area contributed by atoms with Crippen LogP contribution in [0.3, 0.4) is 0 Å². The van der Waals surface area contributed by atoms with Crippen molar-refractivity contribution in [3.8, 4) is 0 Å². The van der Waals surface area contributed by atoms with Gasteiger partial charge < -0.3 is 5.73 Å². The van der Waals surface area contributed by atoms with E-state index in [0.717, 1.165) is 0 Å². The van der Waals surface area contributed by atoms with Crippen molar-refractivity contribution < 1.29 is 0 Å². The normalized spacial score (nSPS) is 5.00. The molecule has 0 heterocycles. The zero-order chi connectivity index (χ0) is 3.58. The summed E-state index contributed by atoms with van der Waals surface area (Å²) >= 11 is 0. The van der Waals surface area contributed by atoms with Crippen LogP contribution in [0.4, 0.5) is 0 Å². The zero-order valence-corrected chi connectivity index (χ0v) is 4.01. The van der Waals surface area contributed by atoms with Crippen LogP contribution in [0.1, 0.15) is 6.92 Å². The molecule has 0 radical (unpaired) electrons. The fourth-order valence-electron chi connectivity index (χ4n) is 0. The first-order valence-electron chi connectivity index (χ1n) is 1.14. The summed E-state index contributed by atoms with van der Waals surface area (Å²) < 4.78 is 0. The molecule has 32 valence electrons. The number of nitrogens with two attached hydrogens (primary N) is 1. The topological polar surface area (TPSA) is 26.0 Å². The Morgan fingerprint density at radius 1 is 1.80 bits per heavy atom. The molecule has 2 heteroatoms. The van der Waals surface area contributed by atoms with Gasteiger partial charge in [-0.1, -0.05) is 6.58 Å². The molecular formula is C3H8ClN. The van der Waals surface area contributed by atoms with Gasteiger partial charge in [-0.2, -0.15) is 0 Å². The largest absolute Gasteiger partial charge is 0.403 e. The summed E-state index contributed by atoms with van der Waals surface area (Å²) in [6.45, 7) is 5.08. The van der Waals surface area contributed by atoms with E-state index in [2.05, 4.69) is 6.58 Å². The van der Waals surface area contributed by atoms with Crippen molar-refractivity contribution in [3.05, 3.63) is 12.3 Å². The van der Waals surface area contributed by atoms with Crippen molar-refractivity contribution >= 4 is 12.4 Å². The highest BCUT2D eigenvalue weighted by Gasteiger charge is 1.50. The summed E-state index contributed by atoms with van der Waals surface area (Å²) in [7, 11) is 0. The highest BCUT2D eigenvalue weighted by molar-refractivity contribution is 5.85. The smallest absolute Gasteiger partial charge is 0.00242 e. The summed E-state index contributed by atoms with van der Waals surface area (Å²) in [6, 6.07) is 0.